The molecule has 0 saturated carbocycles. The quantitative estimate of drug-likeness (QED) is 0.841. The summed E-state index contributed by atoms with van der Waals surface area (Å²) >= 11 is 0. The molecule has 0 radical (unpaired) electrons. The van der Waals surface area contributed by atoms with E-state index in [1.54, 1.807) is 0 Å². The van der Waals surface area contributed by atoms with Crippen LogP contribution in [0.1, 0.15) is 25.3 Å². The second-order valence-electron chi connectivity index (χ2n) is 4.94. The molecule has 2 N–H and O–H groups in total. The monoisotopic (exact) mass is 218 g/mol. The van der Waals surface area contributed by atoms with Gasteiger partial charge in [-0.05, 0) is 38.3 Å². The second-order valence-corrected chi connectivity index (χ2v) is 4.94. The summed E-state index contributed by atoms with van der Waals surface area (Å²) < 4.78 is 0. The molecule has 0 amide bonds. The van der Waals surface area contributed by atoms with Crippen molar-refractivity contribution in [2.45, 2.75) is 38.3 Å². The third kappa shape index (κ3) is 3.06. The normalized spacial score (nSPS) is 24.2. The topological polar surface area (TPSA) is 29.3 Å². The predicted molar refractivity (Wildman–Crippen MR) is 68.4 cm³/mol. The second kappa shape index (κ2) is 5.46. The van der Waals surface area contributed by atoms with Crippen molar-refractivity contribution in [1.29, 1.82) is 0 Å². The Morgan fingerprint density at radius 2 is 2.12 bits per heavy atom. The van der Waals surface area contributed by atoms with Crippen LogP contribution >= 0.6 is 0 Å². The fourth-order valence-corrected chi connectivity index (χ4v) is 2.52. The van der Waals surface area contributed by atoms with Crippen molar-refractivity contribution in [3.63, 3.8) is 0 Å². The summed E-state index contributed by atoms with van der Waals surface area (Å²) in [5.74, 6) is 0. The van der Waals surface area contributed by atoms with E-state index in [4.69, 9.17) is 5.73 Å². The zero-order chi connectivity index (χ0) is 11.4. The summed E-state index contributed by atoms with van der Waals surface area (Å²) in [6.45, 7) is 4.58. The largest absolute Gasteiger partial charge is 0.327 e. The van der Waals surface area contributed by atoms with Gasteiger partial charge in [-0.2, -0.15) is 0 Å². The van der Waals surface area contributed by atoms with Crippen LogP contribution in [0.4, 0.5) is 0 Å². The molecule has 0 spiro atoms. The molecule has 2 heteroatoms. The molecule has 2 atom stereocenters. The van der Waals surface area contributed by atoms with Gasteiger partial charge in [0.1, 0.15) is 0 Å². The van der Waals surface area contributed by atoms with E-state index in [1.807, 2.05) is 0 Å². The van der Waals surface area contributed by atoms with Gasteiger partial charge in [0.15, 0.2) is 0 Å². The number of hydrogen-bond donors (Lipinski definition) is 1. The van der Waals surface area contributed by atoms with Crippen molar-refractivity contribution >= 4 is 0 Å². The highest BCUT2D eigenvalue weighted by Crippen LogP contribution is 2.14. The molecule has 88 valence electrons. The molecule has 1 heterocycles. The lowest BCUT2D eigenvalue weighted by Crippen LogP contribution is -2.47. The van der Waals surface area contributed by atoms with Gasteiger partial charge in [-0.25, -0.2) is 0 Å². The highest BCUT2D eigenvalue weighted by molar-refractivity contribution is 5.15. The molecule has 0 bridgehead atoms. The zero-order valence-electron chi connectivity index (χ0n) is 10.1. The lowest BCUT2D eigenvalue weighted by Gasteiger charge is -2.35. The van der Waals surface area contributed by atoms with Gasteiger partial charge in [0.2, 0.25) is 0 Å². The number of nitrogens with two attached hydrogens (primary N) is 1. The van der Waals surface area contributed by atoms with E-state index >= 15 is 0 Å². The minimum atomic E-state index is 0.381. The molecule has 1 fully saturated rings. The van der Waals surface area contributed by atoms with E-state index in [2.05, 4.69) is 42.2 Å². The standard InChI is InChI=1S/C14H22N2/c1-12(10-13-6-3-2-4-7-13)16-9-5-8-14(15)11-16/h2-4,6-7,12,14H,5,8-11,15H2,1H3/t12-,14+/m0/s1. The minimum absolute atomic E-state index is 0.381. The number of nitrogens with zero attached hydrogens (tertiary/aromatic N) is 1. The highest BCUT2D eigenvalue weighted by Gasteiger charge is 2.20. The average Bonchev–Trinajstić information content (AvgIpc) is 2.30. The minimum Gasteiger partial charge on any atom is -0.327 e. The summed E-state index contributed by atoms with van der Waals surface area (Å²) in [7, 11) is 0. The first-order valence-electron chi connectivity index (χ1n) is 6.29. The van der Waals surface area contributed by atoms with Crippen LogP contribution in [-0.4, -0.2) is 30.1 Å². The summed E-state index contributed by atoms with van der Waals surface area (Å²) in [6, 6.07) is 11.7. The Labute approximate surface area is 98.4 Å². The third-order valence-corrected chi connectivity index (χ3v) is 3.49. The van der Waals surface area contributed by atoms with E-state index in [0.717, 1.165) is 13.0 Å². The fraction of sp³-hybridized carbons (Fsp3) is 0.571. The van der Waals surface area contributed by atoms with Crippen LogP contribution in [0.15, 0.2) is 30.3 Å². The summed E-state index contributed by atoms with van der Waals surface area (Å²) in [5.41, 5.74) is 7.44. The first-order chi connectivity index (χ1) is 7.75. The van der Waals surface area contributed by atoms with Crippen LogP contribution in [0.5, 0.6) is 0 Å². The summed E-state index contributed by atoms with van der Waals surface area (Å²) in [6.07, 6.45) is 3.57. The van der Waals surface area contributed by atoms with Crippen molar-refractivity contribution in [2.24, 2.45) is 5.73 Å². The summed E-state index contributed by atoms with van der Waals surface area (Å²) in [5, 5.41) is 0. The van der Waals surface area contributed by atoms with Crippen LogP contribution in [-0.2, 0) is 6.42 Å². The molecule has 0 aliphatic carbocycles. The Morgan fingerprint density at radius 3 is 2.81 bits per heavy atom. The molecule has 1 aromatic rings. The molecule has 1 saturated heterocycles. The predicted octanol–water partition coefficient (Wildman–Crippen LogP) is 2.04. The maximum absolute atomic E-state index is 6.01. The Bertz CT molecular complexity index is 310. The Kier molecular flexibility index (Phi) is 3.97. The van der Waals surface area contributed by atoms with E-state index < -0.39 is 0 Å². The Hall–Kier alpha value is -0.860. The lowest BCUT2D eigenvalue weighted by atomic mass is 10.0. The van der Waals surface area contributed by atoms with E-state index in [1.165, 1.54) is 24.9 Å². The van der Waals surface area contributed by atoms with Gasteiger partial charge in [-0.15, -0.1) is 0 Å². The van der Waals surface area contributed by atoms with Crippen molar-refractivity contribution in [3.05, 3.63) is 35.9 Å². The van der Waals surface area contributed by atoms with Crippen LogP contribution < -0.4 is 5.73 Å². The molecule has 1 aliphatic heterocycles. The van der Waals surface area contributed by atoms with Crippen molar-refractivity contribution in [3.8, 4) is 0 Å². The van der Waals surface area contributed by atoms with Gasteiger partial charge < -0.3 is 5.73 Å². The summed E-state index contributed by atoms with van der Waals surface area (Å²) in [4.78, 5) is 2.53. The van der Waals surface area contributed by atoms with E-state index in [-0.39, 0.29) is 0 Å². The van der Waals surface area contributed by atoms with Gasteiger partial charge in [-0.3, -0.25) is 4.90 Å². The molecule has 2 rings (SSSR count). The van der Waals surface area contributed by atoms with Crippen LogP contribution in [0.3, 0.4) is 0 Å². The molecule has 0 aromatic heterocycles. The lowest BCUT2D eigenvalue weighted by molar-refractivity contribution is 0.158. The SMILES string of the molecule is C[C@@H](Cc1ccccc1)N1CCC[C@@H](N)C1. The molecule has 1 aliphatic rings. The molecular weight excluding hydrogens is 196 g/mol. The van der Waals surface area contributed by atoms with Crippen LogP contribution in [0.2, 0.25) is 0 Å². The molecule has 16 heavy (non-hydrogen) atoms. The Balaban J connectivity index is 1.90. The first kappa shape index (κ1) is 11.6. The van der Waals surface area contributed by atoms with Gasteiger partial charge in [0.05, 0.1) is 0 Å². The molecular formula is C14H22N2. The van der Waals surface area contributed by atoms with Crippen LogP contribution in [0.25, 0.3) is 0 Å². The van der Waals surface area contributed by atoms with Gasteiger partial charge in [-0.1, -0.05) is 30.3 Å². The maximum Gasteiger partial charge on any atom is 0.0168 e. The maximum atomic E-state index is 6.01. The number of rotatable bonds is 3. The van der Waals surface area contributed by atoms with Crippen molar-refractivity contribution < 1.29 is 0 Å². The number of piperidine rings is 1. The number of likely N-dealkylation sites (tertiary alicyclic amines) is 1. The van der Waals surface area contributed by atoms with Crippen molar-refractivity contribution in [2.75, 3.05) is 13.1 Å². The molecule has 1 aromatic carbocycles. The first-order valence-corrected chi connectivity index (χ1v) is 6.29. The zero-order valence-corrected chi connectivity index (χ0v) is 10.1. The average molecular weight is 218 g/mol. The van der Waals surface area contributed by atoms with E-state index in [0.29, 0.717) is 12.1 Å². The smallest absolute Gasteiger partial charge is 0.0168 e. The third-order valence-electron chi connectivity index (χ3n) is 3.49. The van der Waals surface area contributed by atoms with Gasteiger partial charge in [0.25, 0.3) is 0 Å². The van der Waals surface area contributed by atoms with Gasteiger partial charge in [0, 0.05) is 18.6 Å². The van der Waals surface area contributed by atoms with Crippen LogP contribution in [0, 0.1) is 0 Å². The van der Waals surface area contributed by atoms with Gasteiger partial charge >= 0.3 is 0 Å². The Morgan fingerprint density at radius 1 is 1.38 bits per heavy atom. The number of hydrogen-bond acceptors (Lipinski definition) is 2. The fourth-order valence-electron chi connectivity index (χ4n) is 2.52. The molecule has 0 unspecified atom stereocenters. The van der Waals surface area contributed by atoms with E-state index in [9.17, 15) is 0 Å². The number of benzene rings is 1. The molecule has 2 nitrogen and oxygen atoms in total. The van der Waals surface area contributed by atoms with Crippen molar-refractivity contribution in [1.82, 2.24) is 4.90 Å². The highest BCUT2D eigenvalue weighted by atomic mass is 15.2.